The molecule has 2 heterocycles. The fourth-order valence-electron chi connectivity index (χ4n) is 3.59. The molecule has 7 nitrogen and oxygen atoms in total. The first-order valence-corrected chi connectivity index (χ1v) is 10.3. The van der Waals surface area contributed by atoms with E-state index < -0.39 is 0 Å². The number of aliphatic imine (C=N–C) groups is 1. The predicted molar refractivity (Wildman–Crippen MR) is 110 cm³/mol. The van der Waals surface area contributed by atoms with Crippen LogP contribution in [0.4, 0.5) is 0 Å². The summed E-state index contributed by atoms with van der Waals surface area (Å²) < 4.78 is 0. The van der Waals surface area contributed by atoms with Crippen molar-refractivity contribution >= 4 is 17.8 Å². The first-order valence-electron chi connectivity index (χ1n) is 10.3. The van der Waals surface area contributed by atoms with Gasteiger partial charge in [0.2, 0.25) is 11.8 Å². The van der Waals surface area contributed by atoms with Crippen molar-refractivity contribution in [2.75, 3.05) is 32.7 Å². The lowest BCUT2D eigenvalue weighted by Gasteiger charge is -2.17. The van der Waals surface area contributed by atoms with Gasteiger partial charge in [0.1, 0.15) is 0 Å². The lowest BCUT2D eigenvalue weighted by molar-refractivity contribution is -0.129. The Morgan fingerprint density at radius 1 is 1.04 bits per heavy atom. The van der Waals surface area contributed by atoms with Crippen molar-refractivity contribution in [3.63, 3.8) is 0 Å². The molecule has 152 valence electrons. The molecule has 0 bridgehead atoms. The van der Waals surface area contributed by atoms with E-state index >= 15 is 0 Å². The minimum atomic E-state index is 0.129. The summed E-state index contributed by atoms with van der Waals surface area (Å²) in [4.78, 5) is 32.3. The molecule has 3 rings (SSSR count). The molecule has 0 unspecified atom stereocenters. The Balaban J connectivity index is 1.50. The average molecular weight is 386 g/mol. The van der Waals surface area contributed by atoms with E-state index in [0.29, 0.717) is 25.5 Å². The third-order valence-corrected chi connectivity index (χ3v) is 5.20. The zero-order valence-electron chi connectivity index (χ0n) is 16.7. The van der Waals surface area contributed by atoms with Gasteiger partial charge in [-0.05, 0) is 37.3 Å². The number of rotatable bonds is 7. The van der Waals surface area contributed by atoms with Crippen molar-refractivity contribution in [1.29, 1.82) is 0 Å². The predicted octanol–water partition coefficient (Wildman–Crippen LogP) is 1.49. The van der Waals surface area contributed by atoms with Crippen LogP contribution in [0, 0.1) is 0 Å². The van der Waals surface area contributed by atoms with E-state index in [0.717, 1.165) is 56.6 Å². The number of carbonyl (C=O) groups excluding carboxylic acids is 2. The van der Waals surface area contributed by atoms with Crippen LogP contribution < -0.4 is 10.6 Å². The summed E-state index contributed by atoms with van der Waals surface area (Å²) in [5.74, 6) is 1.03. The van der Waals surface area contributed by atoms with Gasteiger partial charge in [-0.2, -0.15) is 0 Å². The van der Waals surface area contributed by atoms with Gasteiger partial charge in [-0.25, -0.2) is 4.99 Å². The van der Waals surface area contributed by atoms with Crippen LogP contribution in [0.15, 0.2) is 29.3 Å². The van der Waals surface area contributed by atoms with Crippen LogP contribution in [0.25, 0.3) is 0 Å². The van der Waals surface area contributed by atoms with Crippen molar-refractivity contribution in [3.8, 4) is 0 Å². The molecule has 1 aromatic carbocycles. The number of hydrogen-bond donors (Lipinski definition) is 2. The van der Waals surface area contributed by atoms with Crippen LogP contribution in [0.1, 0.15) is 43.7 Å². The number of hydrogen-bond acceptors (Lipinski definition) is 3. The molecular formula is C21H31N5O2. The quantitative estimate of drug-likeness (QED) is 0.551. The van der Waals surface area contributed by atoms with Gasteiger partial charge in [-0.3, -0.25) is 9.59 Å². The Hall–Kier alpha value is -2.57. The van der Waals surface area contributed by atoms with Crippen LogP contribution >= 0.6 is 0 Å². The number of amides is 2. The molecule has 28 heavy (non-hydrogen) atoms. The monoisotopic (exact) mass is 385 g/mol. The number of nitrogens with one attached hydrogen (secondary N) is 2. The summed E-state index contributed by atoms with van der Waals surface area (Å²) in [5, 5.41) is 6.32. The molecule has 1 aromatic rings. The minimum Gasteiger partial charge on any atom is -0.357 e. The molecular weight excluding hydrogens is 354 g/mol. The first kappa shape index (κ1) is 20.2. The Labute approximate surface area is 167 Å². The van der Waals surface area contributed by atoms with Gasteiger partial charge in [0.05, 0.1) is 13.1 Å². The second-order valence-corrected chi connectivity index (χ2v) is 7.37. The van der Waals surface area contributed by atoms with E-state index in [1.165, 1.54) is 0 Å². The molecule has 0 aromatic heterocycles. The smallest absolute Gasteiger partial charge is 0.241 e. The largest absolute Gasteiger partial charge is 0.357 e. The molecule has 2 saturated heterocycles. The van der Waals surface area contributed by atoms with Gasteiger partial charge >= 0.3 is 0 Å². The topological polar surface area (TPSA) is 77.0 Å². The molecule has 0 saturated carbocycles. The summed E-state index contributed by atoms with van der Waals surface area (Å²) in [7, 11) is 0. The lowest BCUT2D eigenvalue weighted by Crippen LogP contribution is -2.44. The van der Waals surface area contributed by atoms with Crippen LogP contribution in [0.3, 0.4) is 0 Å². The number of nitrogens with zero attached hydrogens (tertiary/aromatic N) is 3. The Morgan fingerprint density at radius 3 is 2.39 bits per heavy atom. The molecule has 7 heteroatoms. The van der Waals surface area contributed by atoms with E-state index in [-0.39, 0.29) is 18.4 Å². The molecule has 0 aliphatic carbocycles. The Morgan fingerprint density at radius 2 is 1.75 bits per heavy atom. The number of benzene rings is 1. The molecule has 2 amide bonds. The van der Waals surface area contributed by atoms with Gasteiger partial charge in [0.15, 0.2) is 5.96 Å². The van der Waals surface area contributed by atoms with Crippen molar-refractivity contribution < 1.29 is 9.59 Å². The molecule has 0 atom stereocenters. The highest BCUT2D eigenvalue weighted by Gasteiger charge is 2.20. The highest BCUT2D eigenvalue weighted by molar-refractivity contribution is 5.86. The molecule has 2 fully saturated rings. The third kappa shape index (κ3) is 5.71. The Kier molecular flexibility index (Phi) is 7.28. The van der Waals surface area contributed by atoms with E-state index in [1.807, 2.05) is 16.7 Å². The van der Waals surface area contributed by atoms with Crippen molar-refractivity contribution in [1.82, 2.24) is 20.4 Å². The third-order valence-electron chi connectivity index (χ3n) is 5.20. The van der Waals surface area contributed by atoms with Gasteiger partial charge in [-0.15, -0.1) is 0 Å². The second kappa shape index (κ2) is 10.1. The Bertz CT molecular complexity index is 695. The fraction of sp³-hybridized carbons (Fsp3) is 0.571. The molecule has 0 radical (unpaired) electrons. The van der Waals surface area contributed by atoms with Gasteiger partial charge in [0.25, 0.3) is 0 Å². The maximum Gasteiger partial charge on any atom is 0.241 e. The minimum absolute atomic E-state index is 0.129. The van der Waals surface area contributed by atoms with Crippen molar-refractivity contribution in [2.45, 2.75) is 45.7 Å². The lowest BCUT2D eigenvalue weighted by atomic mass is 10.1. The van der Waals surface area contributed by atoms with E-state index in [2.05, 4.69) is 39.9 Å². The number of carbonyl (C=O) groups is 2. The SMILES string of the molecule is CCNC(=NCc1ccc(CN2CCCC2=O)cc1)NCC(=O)N1CCCC1. The molecule has 0 spiro atoms. The van der Waals surface area contributed by atoms with E-state index in [4.69, 9.17) is 0 Å². The van der Waals surface area contributed by atoms with Crippen molar-refractivity contribution in [2.24, 2.45) is 4.99 Å². The zero-order valence-corrected chi connectivity index (χ0v) is 16.7. The molecule has 2 aliphatic heterocycles. The maximum atomic E-state index is 12.2. The van der Waals surface area contributed by atoms with Gasteiger partial charge < -0.3 is 20.4 Å². The van der Waals surface area contributed by atoms with Gasteiger partial charge in [0, 0.05) is 39.1 Å². The normalized spacial score (nSPS) is 17.3. The van der Waals surface area contributed by atoms with Gasteiger partial charge in [-0.1, -0.05) is 24.3 Å². The van der Waals surface area contributed by atoms with Crippen LogP contribution in [0.2, 0.25) is 0 Å². The highest BCUT2D eigenvalue weighted by Crippen LogP contribution is 2.15. The molecule has 2 aliphatic rings. The average Bonchev–Trinajstić information content (AvgIpc) is 3.37. The first-order chi connectivity index (χ1) is 13.7. The summed E-state index contributed by atoms with van der Waals surface area (Å²) >= 11 is 0. The fourth-order valence-corrected chi connectivity index (χ4v) is 3.59. The van der Waals surface area contributed by atoms with E-state index in [9.17, 15) is 9.59 Å². The summed E-state index contributed by atoms with van der Waals surface area (Å²) in [6.07, 6.45) is 3.84. The standard InChI is InChI=1S/C21H31N5O2/c1-2-22-21(24-15-20(28)25-11-3-4-12-25)23-14-17-7-9-18(10-8-17)16-26-13-5-6-19(26)27/h7-10H,2-6,11-16H2,1H3,(H2,22,23,24). The van der Waals surface area contributed by atoms with Crippen LogP contribution in [0.5, 0.6) is 0 Å². The maximum absolute atomic E-state index is 12.2. The zero-order chi connectivity index (χ0) is 19.8. The molecule has 2 N–H and O–H groups in total. The summed E-state index contributed by atoms with van der Waals surface area (Å²) in [6.45, 7) is 6.84. The van der Waals surface area contributed by atoms with Crippen LogP contribution in [-0.4, -0.2) is 60.3 Å². The number of likely N-dealkylation sites (tertiary alicyclic amines) is 2. The second-order valence-electron chi connectivity index (χ2n) is 7.37. The number of guanidine groups is 1. The highest BCUT2D eigenvalue weighted by atomic mass is 16.2. The van der Waals surface area contributed by atoms with E-state index in [1.54, 1.807) is 0 Å². The van der Waals surface area contributed by atoms with Crippen molar-refractivity contribution in [3.05, 3.63) is 35.4 Å². The summed E-state index contributed by atoms with van der Waals surface area (Å²) in [5.41, 5.74) is 2.24. The summed E-state index contributed by atoms with van der Waals surface area (Å²) in [6, 6.07) is 8.23. The van der Waals surface area contributed by atoms with Crippen LogP contribution in [-0.2, 0) is 22.7 Å².